The van der Waals surface area contributed by atoms with E-state index in [1.807, 2.05) is 19.9 Å². The minimum atomic E-state index is -1.42. The van der Waals surface area contributed by atoms with Crippen LogP contribution in [0.5, 0.6) is 5.75 Å². The van der Waals surface area contributed by atoms with Crippen LogP contribution < -0.4 is 10.1 Å². The van der Waals surface area contributed by atoms with E-state index in [9.17, 15) is 13.6 Å². The molecule has 4 rings (SSSR count). The van der Waals surface area contributed by atoms with Crippen LogP contribution in [0.15, 0.2) is 30.5 Å². The molecule has 1 aliphatic rings. The monoisotopic (exact) mass is 425 g/mol. The zero-order valence-electron chi connectivity index (χ0n) is 17.5. The molecular formula is C22H22BF2N3O3. The van der Waals surface area contributed by atoms with Gasteiger partial charge in [0, 0.05) is 42.5 Å². The maximum Gasteiger partial charge on any atom is 0.255 e. The number of hydrogen-bond acceptors (Lipinski definition) is 4. The Morgan fingerprint density at radius 3 is 2.81 bits per heavy atom. The zero-order valence-corrected chi connectivity index (χ0v) is 17.5. The zero-order chi connectivity index (χ0) is 22.3. The highest BCUT2D eigenvalue weighted by molar-refractivity contribution is 6.18. The molecule has 2 radical (unpaired) electrons. The first kappa shape index (κ1) is 21.3. The molecule has 0 spiro atoms. The predicted octanol–water partition coefficient (Wildman–Crippen LogP) is 3.42. The molecule has 0 bridgehead atoms. The molecule has 3 aromatic rings. The number of nitrogens with one attached hydrogen (secondary N) is 1. The summed E-state index contributed by atoms with van der Waals surface area (Å²) in [6.45, 7) is 4.53. The molecule has 0 aliphatic carbocycles. The van der Waals surface area contributed by atoms with Crippen LogP contribution in [-0.4, -0.2) is 36.9 Å². The molecule has 1 aliphatic heterocycles. The summed E-state index contributed by atoms with van der Waals surface area (Å²) in [6, 6.07) is 5.50. The Hall–Kier alpha value is -2.94. The minimum Gasteiger partial charge on any atom is -0.493 e. The van der Waals surface area contributed by atoms with E-state index in [-0.39, 0.29) is 30.3 Å². The van der Waals surface area contributed by atoms with Crippen molar-refractivity contribution in [2.75, 3.05) is 13.7 Å². The topological polar surface area (TPSA) is 64.9 Å². The van der Waals surface area contributed by atoms with Crippen molar-refractivity contribution in [2.24, 2.45) is 0 Å². The number of fused-ring (bicyclic) bond motifs is 2. The maximum absolute atomic E-state index is 13.9. The van der Waals surface area contributed by atoms with E-state index < -0.39 is 23.0 Å². The molecule has 1 unspecified atom stereocenters. The minimum absolute atomic E-state index is 0.109. The van der Waals surface area contributed by atoms with Gasteiger partial charge in [-0.25, -0.2) is 13.8 Å². The van der Waals surface area contributed by atoms with Gasteiger partial charge in [-0.3, -0.25) is 4.79 Å². The average Bonchev–Trinajstić information content (AvgIpc) is 3.14. The highest BCUT2D eigenvalue weighted by Crippen LogP contribution is 2.36. The number of ether oxygens (including phenoxy) is 2. The number of carbonyl (C=O) groups excluding carboxylic acids is 1. The number of rotatable bonds is 5. The van der Waals surface area contributed by atoms with Crippen molar-refractivity contribution in [3.8, 4) is 5.75 Å². The summed E-state index contributed by atoms with van der Waals surface area (Å²) >= 11 is 0. The van der Waals surface area contributed by atoms with Crippen molar-refractivity contribution in [3.63, 3.8) is 0 Å². The lowest BCUT2D eigenvalue weighted by molar-refractivity contribution is 0.0910. The first-order chi connectivity index (χ1) is 14.7. The second-order valence-corrected chi connectivity index (χ2v) is 7.97. The molecule has 160 valence electrons. The van der Waals surface area contributed by atoms with Gasteiger partial charge in [-0.05, 0) is 24.1 Å². The summed E-state index contributed by atoms with van der Waals surface area (Å²) in [7, 11) is 8.05. The predicted molar refractivity (Wildman–Crippen MR) is 111 cm³/mol. The molecule has 1 aromatic carbocycles. The van der Waals surface area contributed by atoms with Gasteiger partial charge in [0.05, 0.1) is 24.5 Å². The van der Waals surface area contributed by atoms with Crippen LogP contribution >= 0.6 is 0 Å². The number of amides is 1. The molecule has 6 nitrogen and oxygen atoms in total. The Balaban J connectivity index is 1.74. The van der Waals surface area contributed by atoms with E-state index >= 15 is 0 Å². The van der Waals surface area contributed by atoms with Gasteiger partial charge in [-0.15, -0.1) is 0 Å². The molecule has 1 atom stereocenters. The highest BCUT2D eigenvalue weighted by atomic mass is 19.2. The number of carbonyl (C=O) groups is 1. The maximum atomic E-state index is 13.9. The SMILES string of the molecule is [B]C1(NC(=O)c2ccn3c(COC)cc(C(C)C)nc23)CCOc2cc(F)c(F)cc21. The number of methoxy groups -OCH3 is 1. The van der Waals surface area contributed by atoms with Crippen molar-refractivity contribution in [3.05, 3.63) is 64.6 Å². The first-order valence-electron chi connectivity index (χ1n) is 9.97. The smallest absolute Gasteiger partial charge is 0.255 e. The molecule has 0 saturated heterocycles. The number of aromatic nitrogens is 2. The van der Waals surface area contributed by atoms with Crippen molar-refractivity contribution in [1.29, 1.82) is 0 Å². The number of benzene rings is 1. The molecule has 9 heteroatoms. The Bertz CT molecular complexity index is 1160. The van der Waals surface area contributed by atoms with Gasteiger partial charge < -0.3 is 19.2 Å². The Labute approximate surface area is 180 Å². The molecule has 0 fully saturated rings. The highest BCUT2D eigenvalue weighted by Gasteiger charge is 2.36. The van der Waals surface area contributed by atoms with E-state index in [1.165, 1.54) is 0 Å². The van der Waals surface area contributed by atoms with Gasteiger partial charge >= 0.3 is 0 Å². The molecular weight excluding hydrogens is 403 g/mol. The van der Waals surface area contributed by atoms with Gasteiger partial charge in [0.15, 0.2) is 11.6 Å². The third kappa shape index (κ3) is 3.78. The largest absolute Gasteiger partial charge is 0.493 e. The first-order valence-corrected chi connectivity index (χ1v) is 9.97. The second-order valence-electron chi connectivity index (χ2n) is 7.97. The van der Waals surface area contributed by atoms with Gasteiger partial charge in [-0.2, -0.15) is 0 Å². The summed E-state index contributed by atoms with van der Waals surface area (Å²) in [5.74, 6) is -2.32. The summed E-state index contributed by atoms with van der Waals surface area (Å²) in [6.07, 6.45) is 1.94. The van der Waals surface area contributed by atoms with Gasteiger partial charge in [0.2, 0.25) is 0 Å². The van der Waals surface area contributed by atoms with Crippen LogP contribution in [0, 0.1) is 11.6 Å². The Morgan fingerprint density at radius 2 is 2.10 bits per heavy atom. The molecule has 1 amide bonds. The lowest BCUT2D eigenvalue weighted by Crippen LogP contribution is -2.49. The number of nitrogens with zero attached hydrogens (tertiary/aromatic N) is 2. The standard InChI is InChI=1S/C22H22BF2N3O3/c1-12(2)18-8-13(11-30-3)28-6-4-14(20(28)26-18)21(29)27-22(23)5-7-31-19-10-17(25)16(24)9-15(19)22/h4,6,8-10,12H,5,7,11H2,1-3H3,(H,27,29). The molecule has 1 N–H and O–H groups in total. The summed E-state index contributed by atoms with van der Waals surface area (Å²) in [5, 5.41) is 2.78. The molecule has 3 heterocycles. The van der Waals surface area contributed by atoms with E-state index in [0.717, 1.165) is 23.5 Å². The summed E-state index contributed by atoms with van der Waals surface area (Å²) < 4.78 is 40.0. The van der Waals surface area contributed by atoms with Crippen LogP contribution in [0.4, 0.5) is 8.78 Å². The third-order valence-corrected chi connectivity index (χ3v) is 5.44. The van der Waals surface area contributed by atoms with Gasteiger partial charge in [0.1, 0.15) is 19.2 Å². The Morgan fingerprint density at radius 1 is 1.35 bits per heavy atom. The van der Waals surface area contributed by atoms with Crippen LogP contribution in [-0.2, 0) is 16.8 Å². The van der Waals surface area contributed by atoms with Crippen molar-refractivity contribution >= 4 is 19.4 Å². The molecule has 2 aromatic heterocycles. The fourth-order valence-corrected chi connectivity index (χ4v) is 3.75. The Kier molecular flexibility index (Phi) is 5.47. The summed E-state index contributed by atoms with van der Waals surface area (Å²) in [5.41, 5.74) is 1.23. The fourth-order valence-electron chi connectivity index (χ4n) is 3.75. The molecule has 0 saturated carbocycles. The number of halogens is 2. The third-order valence-electron chi connectivity index (χ3n) is 5.44. The van der Waals surface area contributed by atoms with Gasteiger partial charge in [-0.1, -0.05) is 13.8 Å². The van der Waals surface area contributed by atoms with E-state index in [4.69, 9.17) is 17.3 Å². The van der Waals surface area contributed by atoms with Gasteiger partial charge in [0.25, 0.3) is 5.91 Å². The van der Waals surface area contributed by atoms with Crippen LogP contribution in [0.3, 0.4) is 0 Å². The van der Waals surface area contributed by atoms with Crippen LogP contribution in [0.2, 0.25) is 0 Å². The lowest BCUT2D eigenvalue weighted by atomic mass is 9.68. The van der Waals surface area contributed by atoms with Crippen molar-refractivity contribution in [1.82, 2.24) is 14.7 Å². The van der Waals surface area contributed by atoms with E-state index in [1.54, 1.807) is 23.8 Å². The van der Waals surface area contributed by atoms with Crippen LogP contribution in [0.25, 0.3) is 5.65 Å². The van der Waals surface area contributed by atoms with Crippen LogP contribution in [0.1, 0.15) is 53.5 Å². The average molecular weight is 425 g/mol. The summed E-state index contributed by atoms with van der Waals surface area (Å²) in [4.78, 5) is 17.9. The van der Waals surface area contributed by atoms with E-state index in [0.29, 0.717) is 17.8 Å². The number of hydrogen-bond donors (Lipinski definition) is 1. The fraction of sp³-hybridized carbons (Fsp3) is 0.364. The quantitative estimate of drug-likeness (QED) is 0.637. The second kappa shape index (κ2) is 7.96. The normalized spacial score (nSPS) is 18.1. The lowest BCUT2D eigenvalue weighted by Gasteiger charge is -2.37. The molecule has 31 heavy (non-hydrogen) atoms. The van der Waals surface area contributed by atoms with E-state index in [2.05, 4.69) is 10.3 Å². The van der Waals surface area contributed by atoms with Crippen molar-refractivity contribution in [2.45, 2.75) is 38.2 Å². The van der Waals surface area contributed by atoms with Crippen molar-refractivity contribution < 1.29 is 23.0 Å².